The summed E-state index contributed by atoms with van der Waals surface area (Å²) in [6.07, 6.45) is 1.45. The number of carboxylic acid groups (broad SMARTS) is 1. The molecule has 2 heterocycles. The Morgan fingerprint density at radius 3 is 2.63 bits per heavy atom. The number of aromatic nitrogens is 2. The third kappa shape index (κ3) is 2.79. The van der Waals surface area contributed by atoms with Gasteiger partial charge in [0.1, 0.15) is 5.69 Å². The Kier molecular flexibility index (Phi) is 3.33. The van der Waals surface area contributed by atoms with E-state index in [4.69, 9.17) is 5.11 Å². The molecule has 0 aliphatic rings. The molecule has 0 aromatic carbocycles. The van der Waals surface area contributed by atoms with E-state index < -0.39 is 11.9 Å². The van der Waals surface area contributed by atoms with Gasteiger partial charge in [-0.15, -0.1) is 0 Å². The van der Waals surface area contributed by atoms with Crippen LogP contribution in [-0.2, 0) is 0 Å². The third-order valence-corrected chi connectivity index (χ3v) is 2.59. The average Bonchev–Trinajstić information content (AvgIpc) is 2.71. The fourth-order valence-corrected chi connectivity index (χ4v) is 1.65. The number of pyridine rings is 1. The van der Waals surface area contributed by atoms with Gasteiger partial charge in [-0.25, -0.2) is 4.79 Å². The number of carboxylic acids is 1. The number of amides is 1. The number of nitrogens with zero attached hydrogens (tertiary/aromatic N) is 1. The van der Waals surface area contributed by atoms with E-state index in [2.05, 4.69) is 15.3 Å². The lowest BCUT2D eigenvalue weighted by molar-refractivity contribution is 0.0692. The summed E-state index contributed by atoms with van der Waals surface area (Å²) in [5.41, 5.74) is 2.05. The highest BCUT2D eigenvalue weighted by molar-refractivity contribution is 6.07. The lowest BCUT2D eigenvalue weighted by Crippen LogP contribution is -2.14. The molecule has 2 aromatic heterocycles. The maximum Gasteiger partial charge on any atom is 0.354 e. The zero-order valence-electron chi connectivity index (χ0n) is 10.5. The number of hydrogen-bond donors (Lipinski definition) is 3. The van der Waals surface area contributed by atoms with Crippen LogP contribution in [0.25, 0.3) is 0 Å². The first-order valence-corrected chi connectivity index (χ1v) is 5.64. The van der Waals surface area contributed by atoms with Gasteiger partial charge < -0.3 is 15.4 Å². The largest absolute Gasteiger partial charge is 0.477 e. The van der Waals surface area contributed by atoms with Gasteiger partial charge in [-0.05, 0) is 32.0 Å². The lowest BCUT2D eigenvalue weighted by atomic mass is 10.2. The highest BCUT2D eigenvalue weighted by Crippen LogP contribution is 2.17. The molecule has 1 amide bonds. The van der Waals surface area contributed by atoms with Crippen molar-refractivity contribution in [2.75, 3.05) is 5.32 Å². The quantitative estimate of drug-likeness (QED) is 0.785. The van der Waals surface area contributed by atoms with Gasteiger partial charge in [-0.1, -0.05) is 0 Å². The first-order valence-electron chi connectivity index (χ1n) is 5.64. The van der Waals surface area contributed by atoms with Crippen molar-refractivity contribution in [3.8, 4) is 0 Å². The number of anilines is 1. The first-order chi connectivity index (χ1) is 8.97. The van der Waals surface area contributed by atoms with Gasteiger partial charge in [0.25, 0.3) is 5.91 Å². The predicted molar refractivity (Wildman–Crippen MR) is 69.4 cm³/mol. The molecule has 0 aliphatic heterocycles. The van der Waals surface area contributed by atoms with Crippen LogP contribution in [0, 0.1) is 13.8 Å². The monoisotopic (exact) mass is 259 g/mol. The molecule has 0 bridgehead atoms. The molecule has 0 atom stereocenters. The molecule has 0 radical (unpaired) electrons. The van der Waals surface area contributed by atoms with Crippen molar-refractivity contribution >= 4 is 17.6 Å². The molecule has 0 aliphatic carbocycles. The van der Waals surface area contributed by atoms with Crippen LogP contribution in [0.1, 0.15) is 32.2 Å². The molecule has 3 N–H and O–H groups in total. The van der Waals surface area contributed by atoms with Crippen molar-refractivity contribution < 1.29 is 14.7 Å². The topological polar surface area (TPSA) is 95.1 Å². The second-order valence-electron chi connectivity index (χ2n) is 4.19. The maximum absolute atomic E-state index is 12.0. The zero-order valence-corrected chi connectivity index (χ0v) is 10.5. The van der Waals surface area contributed by atoms with E-state index >= 15 is 0 Å². The summed E-state index contributed by atoms with van der Waals surface area (Å²) < 4.78 is 0. The Balaban J connectivity index is 2.24. The number of carbonyl (C=O) groups is 2. The van der Waals surface area contributed by atoms with Crippen molar-refractivity contribution in [2.24, 2.45) is 0 Å². The van der Waals surface area contributed by atoms with Crippen LogP contribution in [0.3, 0.4) is 0 Å². The summed E-state index contributed by atoms with van der Waals surface area (Å²) >= 11 is 0. The number of rotatable bonds is 3. The second kappa shape index (κ2) is 4.93. The molecule has 0 spiro atoms. The highest BCUT2D eigenvalue weighted by atomic mass is 16.4. The van der Waals surface area contributed by atoms with Gasteiger partial charge in [0.2, 0.25) is 0 Å². The van der Waals surface area contributed by atoms with E-state index in [1.807, 2.05) is 6.92 Å². The normalized spacial score (nSPS) is 10.2. The fourth-order valence-electron chi connectivity index (χ4n) is 1.65. The minimum Gasteiger partial charge on any atom is -0.477 e. The molecule has 6 nitrogen and oxygen atoms in total. The number of hydrogen-bond acceptors (Lipinski definition) is 3. The van der Waals surface area contributed by atoms with Crippen molar-refractivity contribution in [3.63, 3.8) is 0 Å². The Labute approximate surface area is 109 Å². The number of aromatic amines is 1. The Morgan fingerprint density at radius 2 is 2.05 bits per heavy atom. The minimum absolute atomic E-state index is 0.0362. The number of H-pyrrole nitrogens is 1. The Hall–Kier alpha value is -2.63. The number of nitrogens with one attached hydrogen (secondary N) is 2. The van der Waals surface area contributed by atoms with E-state index in [1.165, 1.54) is 6.20 Å². The Bertz CT molecular complexity index is 629. The van der Waals surface area contributed by atoms with Crippen LogP contribution in [0.2, 0.25) is 0 Å². The van der Waals surface area contributed by atoms with E-state index in [1.54, 1.807) is 25.1 Å². The average molecular weight is 259 g/mol. The van der Waals surface area contributed by atoms with Crippen LogP contribution in [0.4, 0.5) is 5.69 Å². The minimum atomic E-state index is -1.12. The first kappa shape index (κ1) is 12.8. The van der Waals surface area contributed by atoms with Crippen molar-refractivity contribution in [2.45, 2.75) is 13.8 Å². The summed E-state index contributed by atoms with van der Waals surface area (Å²) in [7, 11) is 0. The predicted octanol–water partition coefficient (Wildman–Crippen LogP) is 1.98. The maximum atomic E-state index is 12.0. The number of aryl methyl sites for hydroxylation is 2. The van der Waals surface area contributed by atoms with Gasteiger partial charge in [-0.3, -0.25) is 9.78 Å². The van der Waals surface area contributed by atoms with Crippen molar-refractivity contribution in [1.29, 1.82) is 0 Å². The molecule has 2 rings (SSSR count). The SMILES string of the molecule is Cc1ccc(C(=O)Nc2cc(C)[nH]c2C(=O)O)cn1. The summed E-state index contributed by atoms with van der Waals surface area (Å²) in [6, 6.07) is 4.93. The van der Waals surface area contributed by atoms with Crippen LogP contribution in [0.5, 0.6) is 0 Å². The van der Waals surface area contributed by atoms with Gasteiger partial charge in [-0.2, -0.15) is 0 Å². The molecule has 2 aromatic rings. The highest BCUT2D eigenvalue weighted by Gasteiger charge is 2.16. The van der Waals surface area contributed by atoms with Crippen LogP contribution in [-0.4, -0.2) is 27.0 Å². The molecule has 0 saturated heterocycles. The molecule has 0 unspecified atom stereocenters. The lowest BCUT2D eigenvalue weighted by Gasteiger charge is -2.04. The van der Waals surface area contributed by atoms with Crippen molar-refractivity contribution in [1.82, 2.24) is 9.97 Å². The second-order valence-corrected chi connectivity index (χ2v) is 4.19. The summed E-state index contributed by atoms with van der Waals surface area (Å²) in [6.45, 7) is 3.54. The molecular formula is C13H13N3O3. The molecule has 6 heteroatoms. The smallest absolute Gasteiger partial charge is 0.354 e. The third-order valence-electron chi connectivity index (χ3n) is 2.59. The van der Waals surface area contributed by atoms with Crippen LogP contribution in [0.15, 0.2) is 24.4 Å². The van der Waals surface area contributed by atoms with E-state index in [0.29, 0.717) is 11.3 Å². The van der Waals surface area contributed by atoms with Crippen LogP contribution < -0.4 is 5.32 Å². The molecule has 19 heavy (non-hydrogen) atoms. The van der Waals surface area contributed by atoms with Crippen LogP contribution >= 0.6 is 0 Å². The molecular weight excluding hydrogens is 246 g/mol. The van der Waals surface area contributed by atoms with Gasteiger partial charge in [0, 0.05) is 17.6 Å². The fraction of sp³-hybridized carbons (Fsp3) is 0.154. The molecule has 0 fully saturated rings. The molecule has 0 saturated carbocycles. The van der Waals surface area contributed by atoms with Gasteiger partial charge >= 0.3 is 5.97 Å². The van der Waals surface area contributed by atoms with Gasteiger partial charge in [0.15, 0.2) is 0 Å². The number of aromatic carboxylic acids is 1. The molecule has 98 valence electrons. The zero-order chi connectivity index (χ0) is 14.0. The van der Waals surface area contributed by atoms with E-state index in [-0.39, 0.29) is 11.4 Å². The van der Waals surface area contributed by atoms with E-state index in [9.17, 15) is 9.59 Å². The standard InChI is InChI=1S/C13H13N3O3/c1-7-3-4-9(6-14-7)12(17)16-10-5-8(2)15-11(10)13(18)19/h3-6,15H,1-2H3,(H,16,17)(H,18,19). The summed E-state index contributed by atoms with van der Waals surface area (Å²) in [5.74, 6) is -1.51. The summed E-state index contributed by atoms with van der Waals surface area (Å²) in [5, 5.41) is 11.6. The van der Waals surface area contributed by atoms with Gasteiger partial charge in [0.05, 0.1) is 11.3 Å². The van der Waals surface area contributed by atoms with E-state index in [0.717, 1.165) is 5.69 Å². The van der Waals surface area contributed by atoms with Crippen molar-refractivity contribution in [3.05, 3.63) is 47.0 Å². The Morgan fingerprint density at radius 1 is 1.32 bits per heavy atom. The number of carbonyl (C=O) groups excluding carboxylic acids is 1. The summed E-state index contributed by atoms with van der Waals surface area (Å²) in [4.78, 5) is 29.7.